The largest absolute Gasteiger partial charge is 0.481 e. The molecule has 16 heteroatoms. The van der Waals surface area contributed by atoms with Gasteiger partial charge in [-0.25, -0.2) is 4.79 Å². The number of rotatable bonds is 18. The van der Waals surface area contributed by atoms with E-state index >= 15 is 0 Å². The molecule has 0 saturated heterocycles. The minimum atomic E-state index is -1.61. The summed E-state index contributed by atoms with van der Waals surface area (Å²) in [5.74, 6) is -6.50. The van der Waals surface area contributed by atoms with Gasteiger partial charge in [-0.1, -0.05) is 30.3 Å². The number of hydrogen-bond acceptors (Lipinski definition) is 8. The number of amides is 4. The van der Waals surface area contributed by atoms with Crippen molar-refractivity contribution in [2.24, 2.45) is 27.9 Å². The van der Waals surface area contributed by atoms with Gasteiger partial charge in [0.1, 0.15) is 18.1 Å². The normalized spacial score (nSPS) is 13.5. The third-order valence-corrected chi connectivity index (χ3v) is 5.52. The fourth-order valence-corrected chi connectivity index (χ4v) is 3.47. The van der Waals surface area contributed by atoms with Crippen LogP contribution in [0.5, 0.6) is 0 Å². The highest BCUT2D eigenvalue weighted by Gasteiger charge is 2.31. The van der Waals surface area contributed by atoms with Crippen LogP contribution >= 0.6 is 0 Å². The van der Waals surface area contributed by atoms with Gasteiger partial charge in [0.15, 0.2) is 5.96 Å². The Balaban J connectivity index is 3.06. The maximum absolute atomic E-state index is 13.2. The Hall–Kier alpha value is -4.73. The summed E-state index contributed by atoms with van der Waals surface area (Å²) in [5, 5.41) is 25.1. The number of nitrogens with two attached hydrogens (primary N) is 4. The van der Waals surface area contributed by atoms with Crippen molar-refractivity contribution < 1.29 is 39.0 Å². The number of aliphatic carboxylic acids is 2. The molecule has 0 fully saturated rings. The highest BCUT2D eigenvalue weighted by molar-refractivity contribution is 5.96. The standard InChI is InChI=1S/C24H36N8O8/c25-14(7-4-10-29-24(27)28)20(36)31-16(11-13-5-2-1-3-6-13)21(37)32-17(12-18(26)33)22(38)30-15(23(39)40)8-9-19(34)35/h1-3,5-6,14-17H,4,7-12,25H2,(H2,26,33)(H,30,38)(H,31,36)(H,32,37)(H,34,35)(H,39,40)(H4,27,28,29). The third-order valence-electron chi connectivity index (χ3n) is 5.52. The van der Waals surface area contributed by atoms with E-state index in [4.69, 9.17) is 28.0 Å². The van der Waals surface area contributed by atoms with Crippen molar-refractivity contribution in [2.45, 2.75) is 62.7 Å². The van der Waals surface area contributed by atoms with Crippen molar-refractivity contribution >= 4 is 41.5 Å². The van der Waals surface area contributed by atoms with Crippen LogP contribution in [0.2, 0.25) is 0 Å². The van der Waals surface area contributed by atoms with Crippen LogP contribution in [-0.2, 0) is 35.2 Å². The number of benzene rings is 1. The average Bonchev–Trinajstić information content (AvgIpc) is 2.87. The van der Waals surface area contributed by atoms with Crippen LogP contribution in [0, 0.1) is 0 Å². The molecule has 4 amide bonds. The van der Waals surface area contributed by atoms with E-state index in [1.807, 2.05) is 0 Å². The fourth-order valence-electron chi connectivity index (χ4n) is 3.47. The maximum Gasteiger partial charge on any atom is 0.326 e. The molecule has 0 saturated carbocycles. The van der Waals surface area contributed by atoms with Crippen molar-refractivity contribution in [3.63, 3.8) is 0 Å². The highest BCUT2D eigenvalue weighted by atomic mass is 16.4. The Labute approximate surface area is 229 Å². The predicted octanol–water partition coefficient (Wildman–Crippen LogP) is -3.11. The first-order valence-electron chi connectivity index (χ1n) is 12.3. The molecular formula is C24H36N8O8. The molecule has 0 bridgehead atoms. The van der Waals surface area contributed by atoms with Gasteiger partial charge in [0, 0.05) is 19.4 Å². The van der Waals surface area contributed by atoms with E-state index in [0.717, 1.165) is 0 Å². The second-order valence-corrected chi connectivity index (χ2v) is 8.87. The number of hydrogen-bond donors (Lipinski definition) is 9. The van der Waals surface area contributed by atoms with E-state index in [-0.39, 0.29) is 25.3 Å². The highest BCUT2D eigenvalue weighted by Crippen LogP contribution is 2.07. The fraction of sp³-hybridized carbons (Fsp3) is 0.458. The SMILES string of the molecule is NC(=O)CC(NC(=O)C(Cc1ccccc1)NC(=O)C(N)CCCN=C(N)N)C(=O)NC(CCC(=O)O)C(=O)O. The molecule has 4 unspecified atom stereocenters. The summed E-state index contributed by atoms with van der Waals surface area (Å²) in [4.78, 5) is 76.5. The number of primary amides is 1. The smallest absolute Gasteiger partial charge is 0.326 e. The summed E-state index contributed by atoms with van der Waals surface area (Å²) >= 11 is 0. The zero-order valence-electron chi connectivity index (χ0n) is 21.7. The van der Waals surface area contributed by atoms with Crippen molar-refractivity contribution in [2.75, 3.05) is 6.54 Å². The topological polar surface area (TPSA) is 295 Å². The molecular weight excluding hydrogens is 528 g/mol. The van der Waals surface area contributed by atoms with Gasteiger partial charge in [-0.2, -0.15) is 0 Å². The molecule has 0 aromatic heterocycles. The van der Waals surface area contributed by atoms with Gasteiger partial charge in [-0.15, -0.1) is 0 Å². The molecule has 0 spiro atoms. The first kappa shape index (κ1) is 33.3. The predicted molar refractivity (Wildman–Crippen MR) is 142 cm³/mol. The first-order valence-corrected chi connectivity index (χ1v) is 12.3. The zero-order chi connectivity index (χ0) is 30.2. The number of carboxylic acids is 2. The molecule has 1 aromatic rings. The first-order chi connectivity index (χ1) is 18.8. The number of carbonyl (C=O) groups excluding carboxylic acids is 4. The van der Waals surface area contributed by atoms with Gasteiger partial charge >= 0.3 is 11.9 Å². The number of guanidine groups is 1. The van der Waals surface area contributed by atoms with Crippen LogP contribution in [0.1, 0.15) is 37.7 Å². The maximum atomic E-state index is 13.2. The van der Waals surface area contributed by atoms with Gasteiger partial charge in [-0.3, -0.25) is 29.0 Å². The Morgan fingerprint density at radius 1 is 0.800 bits per heavy atom. The number of aliphatic imine (C=N–C) groups is 1. The van der Waals surface area contributed by atoms with E-state index in [9.17, 15) is 33.9 Å². The summed E-state index contributed by atoms with van der Waals surface area (Å²) in [5.41, 5.74) is 22.3. The van der Waals surface area contributed by atoms with Gasteiger partial charge in [-0.05, 0) is 24.8 Å². The molecule has 16 nitrogen and oxygen atoms in total. The molecule has 0 radical (unpaired) electrons. The number of carbonyl (C=O) groups is 6. The van der Waals surface area contributed by atoms with Crippen molar-refractivity contribution in [3.8, 4) is 0 Å². The Morgan fingerprint density at radius 3 is 1.93 bits per heavy atom. The molecule has 1 rings (SSSR count). The van der Waals surface area contributed by atoms with Crippen LogP contribution < -0.4 is 38.9 Å². The minimum absolute atomic E-state index is 0.0135. The lowest BCUT2D eigenvalue weighted by atomic mass is 10.0. The molecule has 0 aliphatic rings. The summed E-state index contributed by atoms with van der Waals surface area (Å²) in [6.45, 7) is 0.241. The molecule has 220 valence electrons. The van der Waals surface area contributed by atoms with Crippen LogP contribution in [0.4, 0.5) is 0 Å². The monoisotopic (exact) mass is 564 g/mol. The molecule has 0 aliphatic heterocycles. The van der Waals surface area contributed by atoms with Crippen LogP contribution in [-0.4, -0.2) is 82.5 Å². The summed E-state index contributed by atoms with van der Waals surface area (Å²) in [6, 6.07) is 3.11. The lowest BCUT2D eigenvalue weighted by Gasteiger charge is -2.25. The van der Waals surface area contributed by atoms with E-state index in [0.29, 0.717) is 12.0 Å². The van der Waals surface area contributed by atoms with Gasteiger partial charge in [0.25, 0.3) is 0 Å². The Bertz CT molecular complexity index is 1080. The zero-order valence-corrected chi connectivity index (χ0v) is 21.7. The molecule has 13 N–H and O–H groups in total. The quantitative estimate of drug-likeness (QED) is 0.0488. The average molecular weight is 565 g/mol. The van der Waals surface area contributed by atoms with E-state index in [1.54, 1.807) is 30.3 Å². The van der Waals surface area contributed by atoms with E-state index < -0.39 is 79.0 Å². The van der Waals surface area contributed by atoms with Crippen molar-refractivity contribution in [1.82, 2.24) is 16.0 Å². The second-order valence-electron chi connectivity index (χ2n) is 8.87. The molecule has 0 heterocycles. The lowest BCUT2D eigenvalue weighted by Crippen LogP contribution is -2.58. The summed E-state index contributed by atoms with van der Waals surface area (Å²) < 4.78 is 0. The van der Waals surface area contributed by atoms with Crippen LogP contribution in [0.3, 0.4) is 0 Å². The summed E-state index contributed by atoms with van der Waals surface area (Å²) in [6.07, 6.45) is -1.13. The van der Waals surface area contributed by atoms with Crippen molar-refractivity contribution in [3.05, 3.63) is 35.9 Å². The van der Waals surface area contributed by atoms with Gasteiger partial charge in [0.2, 0.25) is 23.6 Å². The minimum Gasteiger partial charge on any atom is -0.481 e. The van der Waals surface area contributed by atoms with E-state index in [1.165, 1.54) is 0 Å². The van der Waals surface area contributed by atoms with Crippen LogP contribution in [0.25, 0.3) is 0 Å². The molecule has 40 heavy (non-hydrogen) atoms. The molecule has 0 aliphatic carbocycles. The van der Waals surface area contributed by atoms with Gasteiger partial charge in [0.05, 0.1) is 12.5 Å². The molecule has 1 aromatic carbocycles. The van der Waals surface area contributed by atoms with Crippen molar-refractivity contribution in [1.29, 1.82) is 0 Å². The number of nitrogens with zero attached hydrogens (tertiary/aromatic N) is 1. The van der Waals surface area contributed by atoms with E-state index in [2.05, 4.69) is 20.9 Å². The third kappa shape index (κ3) is 13.2. The second kappa shape index (κ2) is 17.0. The Morgan fingerprint density at radius 2 is 1.38 bits per heavy atom. The Kier molecular flexibility index (Phi) is 14.1. The van der Waals surface area contributed by atoms with Crippen LogP contribution in [0.15, 0.2) is 35.3 Å². The lowest BCUT2D eigenvalue weighted by molar-refractivity contribution is -0.143. The van der Waals surface area contributed by atoms with Gasteiger partial charge < -0.3 is 49.1 Å². The number of carboxylic acid groups (broad SMARTS) is 2. The molecule has 4 atom stereocenters. The summed E-state index contributed by atoms with van der Waals surface area (Å²) in [7, 11) is 0. The number of nitrogens with one attached hydrogen (secondary N) is 3.